The van der Waals surface area contributed by atoms with Gasteiger partial charge in [0.2, 0.25) is 0 Å². The van der Waals surface area contributed by atoms with Gasteiger partial charge in [0.25, 0.3) is 0 Å². The molecule has 0 saturated carbocycles. The van der Waals surface area contributed by atoms with Crippen LogP contribution in [0.15, 0.2) is 91.0 Å². The predicted molar refractivity (Wildman–Crippen MR) is 114 cm³/mol. The van der Waals surface area contributed by atoms with Gasteiger partial charge in [-0.2, -0.15) is 0 Å². The van der Waals surface area contributed by atoms with Gasteiger partial charge in [-0.15, -0.1) is 0 Å². The Hall–Kier alpha value is -2.57. The molecule has 3 aromatic carbocycles. The van der Waals surface area contributed by atoms with Gasteiger partial charge >= 0.3 is 0 Å². The number of benzene rings is 3. The molecule has 0 nitrogen and oxygen atoms in total. The van der Waals surface area contributed by atoms with Crippen molar-refractivity contribution >= 4 is 22.7 Å². The Morgan fingerprint density at radius 2 is 1.35 bits per heavy atom. The maximum Gasteiger partial charge on any atom is 0.0447 e. The normalized spacial score (nSPS) is 13.1. The van der Waals surface area contributed by atoms with E-state index in [9.17, 15) is 0 Å². The first kappa shape index (κ1) is 18.2. The first-order chi connectivity index (χ1) is 12.6. The molecular formula is C25H23Cl. The monoisotopic (exact) mass is 358 g/mol. The third kappa shape index (κ3) is 4.97. The van der Waals surface area contributed by atoms with Crippen molar-refractivity contribution in [2.24, 2.45) is 0 Å². The highest BCUT2D eigenvalue weighted by Gasteiger charge is 2.08. The van der Waals surface area contributed by atoms with Gasteiger partial charge in [0.15, 0.2) is 0 Å². The summed E-state index contributed by atoms with van der Waals surface area (Å²) in [6.07, 6.45) is 6.49. The third-order valence-corrected chi connectivity index (χ3v) is 4.76. The van der Waals surface area contributed by atoms with Gasteiger partial charge in [0.1, 0.15) is 0 Å². The number of rotatable bonds is 5. The van der Waals surface area contributed by atoms with E-state index in [2.05, 4.69) is 80.6 Å². The highest BCUT2D eigenvalue weighted by Crippen LogP contribution is 2.28. The molecule has 3 rings (SSSR count). The lowest BCUT2D eigenvalue weighted by Crippen LogP contribution is -1.93. The van der Waals surface area contributed by atoms with Crippen molar-refractivity contribution in [3.63, 3.8) is 0 Å². The standard InChI is InChI=1S/C25H23Cl/c1-19-8-12-21(13-9-19)14-17-24(22-15-10-20(2)11-16-22)18-25(26)23-6-4-3-5-7-23/h3-18,24H,1-2H3/b17-14+,25-18+. The summed E-state index contributed by atoms with van der Waals surface area (Å²) in [6, 6.07) is 27.3. The molecule has 1 atom stereocenters. The van der Waals surface area contributed by atoms with Crippen LogP contribution in [-0.2, 0) is 0 Å². The molecule has 0 heterocycles. The maximum absolute atomic E-state index is 6.61. The van der Waals surface area contributed by atoms with E-state index in [4.69, 9.17) is 11.6 Å². The average Bonchev–Trinajstić information content (AvgIpc) is 2.67. The molecule has 0 aliphatic rings. The van der Waals surface area contributed by atoms with Gasteiger partial charge in [-0.25, -0.2) is 0 Å². The Kier molecular flexibility index (Phi) is 6.09. The molecular weight excluding hydrogens is 336 g/mol. The van der Waals surface area contributed by atoms with Crippen LogP contribution >= 0.6 is 11.6 Å². The minimum absolute atomic E-state index is 0.115. The molecule has 0 spiro atoms. The molecule has 26 heavy (non-hydrogen) atoms. The Labute approximate surface area is 161 Å². The van der Waals surface area contributed by atoms with Crippen LogP contribution in [0.4, 0.5) is 0 Å². The number of hydrogen-bond acceptors (Lipinski definition) is 0. The van der Waals surface area contributed by atoms with Crippen LogP contribution in [0, 0.1) is 13.8 Å². The molecule has 0 saturated heterocycles. The quantitative estimate of drug-likeness (QED) is 0.446. The number of aryl methyl sites for hydroxylation is 2. The van der Waals surface area contributed by atoms with Gasteiger partial charge in [0, 0.05) is 11.0 Å². The molecule has 0 aliphatic carbocycles. The van der Waals surface area contributed by atoms with Crippen molar-refractivity contribution in [1.82, 2.24) is 0 Å². The van der Waals surface area contributed by atoms with Crippen molar-refractivity contribution in [3.8, 4) is 0 Å². The Morgan fingerprint density at radius 3 is 1.96 bits per heavy atom. The highest BCUT2D eigenvalue weighted by atomic mass is 35.5. The fourth-order valence-electron chi connectivity index (χ4n) is 2.80. The fourth-order valence-corrected chi connectivity index (χ4v) is 3.06. The molecule has 3 aromatic rings. The van der Waals surface area contributed by atoms with E-state index in [0.29, 0.717) is 0 Å². The molecule has 0 N–H and O–H groups in total. The molecule has 1 unspecified atom stereocenters. The second-order valence-corrected chi connectivity index (χ2v) is 6.99. The van der Waals surface area contributed by atoms with Crippen molar-refractivity contribution < 1.29 is 0 Å². The summed E-state index contributed by atoms with van der Waals surface area (Å²) in [7, 11) is 0. The summed E-state index contributed by atoms with van der Waals surface area (Å²) >= 11 is 6.61. The number of allylic oxidation sites excluding steroid dienone is 2. The lowest BCUT2D eigenvalue weighted by molar-refractivity contribution is 1.09. The van der Waals surface area contributed by atoms with Gasteiger partial charge in [-0.05, 0) is 30.5 Å². The van der Waals surface area contributed by atoms with E-state index < -0.39 is 0 Å². The van der Waals surface area contributed by atoms with Crippen LogP contribution in [0.3, 0.4) is 0 Å². The van der Waals surface area contributed by atoms with E-state index in [1.807, 2.05) is 30.3 Å². The van der Waals surface area contributed by atoms with E-state index in [1.165, 1.54) is 22.3 Å². The number of halogens is 1. The summed E-state index contributed by atoms with van der Waals surface area (Å²) < 4.78 is 0. The number of hydrogen-bond donors (Lipinski definition) is 0. The van der Waals surface area contributed by atoms with Crippen LogP contribution in [-0.4, -0.2) is 0 Å². The summed E-state index contributed by atoms with van der Waals surface area (Å²) in [4.78, 5) is 0. The molecule has 0 aliphatic heterocycles. The minimum atomic E-state index is 0.115. The van der Waals surface area contributed by atoms with Gasteiger partial charge < -0.3 is 0 Å². The molecule has 1 heteroatoms. The summed E-state index contributed by atoms with van der Waals surface area (Å²) in [5.74, 6) is 0.115. The van der Waals surface area contributed by atoms with E-state index in [-0.39, 0.29) is 5.92 Å². The molecule has 0 amide bonds. The van der Waals surface area contributed by atoms with E-state index in [1.54, 1.807) is 0 Å². The first-order valence-electron chi connectivity index (χ1n) is 8.86. The van der Waals surface area contributed by atoms with Crippen molar-refractivity contribution in [2.45, 2.75) is 19.8 Å². The Balaban J connectivity index is 1.93. The van der Waals surface area contributed by atoms with Crippen LogP contribution in [0.25, 0.3) is 11.1 Å². The van der Waals surface area contributed by atoms with Gasteiger partial charge in [0.05, 0.1) is 0 Å². The maximum atomic E-state index is 6.61. The van der Waals surface area contributed by atoms with Crippen LogP contribution in [0.5, 0.6) is 0 Å². The summed E-state index contributed by atoms with van der Waals surface area (Å²) in [5.41, 5.74) is 5.98. The fraction of sp³-hybridized carbons (Fsp3) is 0.120. The van der Waals surface area contributed by atoms with Gasteiger partial charge in [-0.1, -0.05) is 120 Å². The first-order valence-corrected chi connectivity index (χ1v) is 9.24. The SMILES string of the molecule is Cc1ccc(/C=C/C(/C=C(/Cl)c2ccccc2)c2ccc(C)cc2)cc1. The molecule has 0 bridgehead atoms. The largest absolute Gasteiger partial charge is 0.0840 e. The van der Waals surface area contributed by atoms with Gasteiger partial charge in [-0.3, -0.25) is 0 Å². The van der Waals surface area contributed by atoms with Crippen molar-refractivity contribution in [2.75, 3.05) is 0 Å². The molecule has 0 aromatic heterocycles. The van der Waals surface area contributed by atoms with Crippen molar-refractivity contribution in [1.29, 1.82) is 0 Å². The lowest BCUT2D eigenvalue weighted by Gasteiger charge is -2.11. The minimum Gasteiger partial charge on any atom is -0.0840 e. The molecule has 0 fully saturated rings. The van der Waals surface area contributed by atoms with Crippen LogP contribution < -0.4 is 0 Å². The zero-order chi connectivity index (χ0) is 18.4. The average molecular weight is 359 g/mol. The highest BCUT2D eigenvalue weighted by molar-refractivity contribution is 6.48. The third-order valence-electron chi connectivity index (χ3n) is 4.41. The van der Waals surface area contributed by atoms with E-state index in [0.717, 1.165) is 10.6 Å². The Bertz CT molecular complexity index is 885. The van der Waals surface area contributed by atoms with Crippen LogP contribution in [0.1, 0.15) is 33.7 Å². The van der Waals surface area contributed by atoms with Crippen molar-refractivity contribution in [3.05, 3.63) is 119 Å². The zero-order valence-corrected chi connectivity index (χ0v) is 15.9. The zero-order valence-electron chi connectivity index (χ0n) is 15.2. The summed E-state index contributed by atoms with van der Waals surface area (Å²) in [5, 5.41) is 0.768. The second-order valence-electron chi connectivity index (χ2n) is 6.59. The summed E-state index contributed by atoms with van der Waals surface area (Å²) in [6.45, 7) is 4.21. The van der Waals surface area contributed by atoms with E-state index >= 15 is 0 Å². The van der Waals surface area contributed by atoms with Crippen LogP contribution in [0.2, 0.25) is 0 Å². The topological polar surface area (TPSA) is 0 Å². The molecule has 0 radical (unpaired) electrons. The predicted octanol–water partition coefficient (Wildman–Crippen LogP) is 7.38. The smallest absolute Gasteiger partial charge is 0.0447 e. The lowest BCUT2D eigenvalue weighted by atomic mass is 9.95. The second kappa shape index (κ2) is 8.69. The Morgan fingerprint density at radius 1 is 0.769 bits per heavy atom. The molecule has 130 valence electrons.